The molecule has 3 heteroatoms. The van der Waals surface area contributed by atoms with Crippen LogP contribution in [0.15, 0.2) is 0 Å². The van der Waals surface area contributed by atoms with Crippen molar-refractivity contribution in [2.24, 2.45) is 5.41 Å². The van der Waals surface area contributed by atoms with Gasteiger partial charge >= 0.3 is 5.97 Å². The maximum absolute atomic E-state index is 10.2. The normalized spacial score (nSPS) is 10.5. The van der Waals surface area contributed by atoms with Crippen molar-refractivity contribution in [3.63, 3.8) is 0 Å². The van der Waals surface area contributed by atoms with Gasteiger partial charge in [0, 0.05) is 13.0 Å². The van der Waals surface area contributed by atoms with Crippen LogP contribution in [-0.4, -0.2) is 22.8 Å². The minimum Gasteiger partial charge on any atom is -0.481 e. The third-order valence-corrected chi connectivity index (χ3v) is 1.82. The van der Waals surface area contributed by atoms with Crippen LogP contribution in [0.3, 0.4) is 0 Å². The number of hydrogen-bond donors (Lipinski definition) is 2. The van der Waals surface area contributed by atoms with Crippen LogP contribution in [0.1, 0.15) is 59.8 Å². The molecular formula is C12H26O3. The summed E-state index contributed by atoms with van der Waals surface area (Å²) in [7, 11) is 0. The van der Waals surface area contributed by atoms with Gasteiger partial charge in [0.1, 0.15) is 0 Å². The Kier molecular flexibility index (Phi) is 11.2. The van der Waals surface area contributed by atoms with Gasteiger partial charge in [0.05, 0.1) is 0 Å². The molecule has 0 bridgehead atoms. The van der Waals surface area contributed by atoms with Gasteiger partial charge in [-0.25, -0.2) is 0 Å². The highest BCUT2D eigenvalue weighted by molar-refractivity contribution is 5.66. The highest BCUT2D eigenvalue weighted by Crippen LogP contribution is 2.22. The summed E-state index contributed by atoms with van der Waals surface area (Å²) >= 11 is 0. The Balaban J connectivity index is 0. The summed E-state index contributed by atoms with van der Waals surface area (Å²) in [6.07, 6.45) is 4.53. The van der Waals surface area contributed by atoms with Crippen LogP contribution in [0.25, 0.3) is 0 Å². The van der Waals surface area contributed by atoms with E-state index in [0.717, 1.165) is 19.3 Å². The van der Waals surface area contributed by atoms with Gasteiger partial charge in [0.25, 0.3) is 0 Å². The first kappa shape index (κ1) is 16.8. The van der Waals surface area contributed by atoms with Crippen molar-refractivity contribution in [3.05, 3.63) is 0 Å². The summed E-state index contributed by atoms with van der Waals surface area (Å²) in [6.45, 7) is 8.57. The molecule has 0 unspecified atom stereocenters. The van der Waals surface area contributed by atoms with Crippen LogP contribution in [0, 0.1) is 5.41 Å². The Morgan fingerprint density at radius 3 is 1.93 bits per heavy atom. The fourth-order valence-electron chi connectivity index (χ4n) is 1.11. The summed E-state index contributed by atoms with van der Waals surface area (Å²) in [6, 6.07) is 0. The Hall–Kier alpha value is -0.570. The van der Waals surface area contributed by atoms with Gasteiger partial charge in [-0.2, -0.15) is 0 Å². The summed E-state index contributed by atoms with van der Waals surface area (Å²) in [4.78, 5) is 10.2. The Labute approximate surface area is 93.5 Å². The van der Waals surface area contributed by atoms with Crippen LogP contribution >= 0.6 is 0 Å². The average Bonchev–Trinajstić information content (AvgIpc) is 2.02. The van der Waals surface area contributed by atoms with Crippen molar-refractivity contribution in [2.45, 2.75) is 59.8 Å². The van der Waals surface area contributed by atoms with E-state index in [1.165, 1.54) is 6.42 Å². The lowest BCUT2D eigenvalue weighted by molar-refractivity contribution is -0.137. The molecule has 0 aliphatic heterocycles. The van der Waals surface area contributed by atoms with E-state index in [9.17, 15) is 4.79 Å². The molecule has 0 aliphatic carbocycles. The Morgan fingerprint density at radius 1 is 1.13 bits per heavy atom. The van der Waals surface area contributed by atoms with Crippen molar-refractivity contribution < 1.29 is 15.0 Å². The molecule has 0 heterocycles. The summed E-state index contributed by atoms with van der Waals surface area (Å²) in [5.41, 5.74) is 0.392. The van der Waals surface area contributed by atoms with Gasteiger partial charge in [-0.05, 0) is 25.2 Å². The zero-order chi connectivity index (χ0) is 12.3. The minimum absolute atomic E-state index is 0.250. The lowest BCUT2D eigenvalue weighted by Crippen LogP contribution is -2.04. The molecule has 2 N–H and O–H groups in total. The van der Waals surface area contributed by atoms with E-state index in [-0.39, 0.29) is 6.61 Å². The van der Waals surface area contributed by atoms with Gasteiger partial charge in [0.2, 0.25) is 0 Å². The van der Waals surface area contributed by atoms with E-state index in [0.29, 0.717) is 11.8 Å². The highest BCUT2D eigenvalue weighted by Gasteiger charge is 2.08. The van der Waals surface area contributed by atoms with E-state index in [2.05, 4.69) is 20.8 Å². The molecule has 0 spiro atoms. The van der Waals surface area contributed by atoms with Crippen molar-refractivity contribution in [3.8, 4) is 0 Å². The molecule has 0 fully saturated rings. The number of aliphatic hydroxyl groups is 1. The van der Waals surface area contributed by atoms with Gasteiger partial charge in [-0.15, -0.1) is 0 Å². The molecule has 0 rings (SSSR count). The fourth-order valence-corrected chi connectivity index (χ4v) is 1.11. The third kappa shape index (κ3) is 24.7. The Morgan fingerprint density at radius 2 is 1.60 bits per heavy atom. The number of carboxylic acid groups (broad SMARTS) is 1. The molecule has 0 atom stereocenters. The first-order valence-electron chi connectivity index (χ1n) is 5.66. The molecule has 92 valence electrons. The largest absolute Gasteiger partial charge is 0.481 e. The van der Waals surface area contributed by atoms with E-state index in [1.54, 1.807) is 6.92 Å². The second kappa shape index (κ2) is 9.97. The molecule has 0 aliphatic rings. The Bertz CT molecular complexity index is 147. The van der Waals surface area contributed by atoms with Gasteiger partial charge in [-0.3, -0.25) is 4.79 Å². The van der Waals surface area contributed by atoms with Gasteiger partial charge in [0.15, 0.2) is 0 Å². The number of rotatable bonds is 5. The van der Waals surface area contributed by atoms with Crippen LogP contribution < -0.4 is 0 Å². The standard InChI is InChI=1S/C10H20O2.C2H6O/c1-10(2,3)8-6-4-5-7-9(11)12;1-2-3/h4-8H2,1-3H3,(H,11,12);3H,2H2,1H3. The number of carbonyl (C=O) groups is 1. The highest BCUT2D eigenvalue weighted by atomic mass is 16.4. The van der Waals surface area contributed by atoms with Gasteiger partial charge in [-0.1, -0.05) is 33.6 Å². The molecule has 0 saturated heterocycles. The van der Waals surface area contributed by atoms with Crippen LogP contribution in [0.2, 0.25) is 0 Å². The lowest BCUT2D eigenvalue weighted by Gasteiger charge is -2.17. The van der Waals surface area contributed by atoms with E-state index < -0.39 is 5.97 Å². The molecule has 3 nitrogen and oxygen atoms in total. The summed E-state index contributed by atoms with van der Waals surface area (Å²) in [5, 5.41) is 15.9. The number of aliphatic carboxylic acids is 1. The number of unbranched alkanes of at least 4 members (excludes halogenated alkanes) is 2. The number of aliphatic hydroxyl groups excluding tert-OH is 1. The summed E-state index contributed by atoms with van der Waals surface area (Å²) in [5.74, 6) is -0.675. The second-order valence-corrected chi connectivity index (χ2v) is 4.83. The molecule has 15 heavy (non-hydrogen) atoms. The minimum atomic E-state index is -0.675. The molecular weight excluding hydrogens is 192 g/mol. The first-order valence-corrected chi connectivity index (χ1v) is 5.66. The second-order valence-electron chi connectivity index (χ2n) is 4.83. The quantitative estimate of drug-likeness (QED) is 0.697. The van der Waals surface area contributed by atoms with Crippen molar-refractivity contribution in [2.75, 3.05) is 6.61 Å². The SMILES string of the molecule is CC(C)(C)CCCCCC(=O)O.CCO. The third-order valence-electron chi connectivity index (χ3n) is 1.82. The number of carboxylic acids is 1. The predicted octanol–water partition coefficient (Wildman–Crippen LogP) is 3.07. The zero-order valence-corrected chi connectivity index (χ0v) is 10.5. The van der Waals surface area contributed by atoms with Crippen molar-refractivity contribution >= 4 is 5.97 Å². The molecule has 0 amide bonds. The smallest absolute Gasteiger partial charge is 0.303 e. The molecule has 0 radical (unpaired) electrons. The van der Waals surface area contributed by atoms with Crippen LogP contribution in [-0.2, 0) is 4.79 Å². The predicted molar refractivity (Wildman–Crippen MR) is 62.9 cm³/mol. The molecule has 0 aromatic heterocycles. The topological polar surface area (TPSA) is 57.5 Å². The maximum Gasteiger partial charge on any atom is 0.303 e. The molecule has 0 aromatic carbocycles. The maximum atomic E-state index is 10.2. The van der Waals surface area contributed by atoms with Crippen molar-refractivity contribution in [1.29, 1.82) is 0 Å². The molecule has 0 saturated carbocycles. The van der Waals surface area contributed by atoms with Gasteiger partial charge < -0.3 is 10.2 Å². The summed E-state index contributed by atoms with van der Waals surface area (Å²) < 4.78 is 0. The lowest BCUT2D eigenvalue weighted by atomic mass is 9.89. The van der Waals surface area contributed by atoms with Crippen LogP contribution in [0.5, 0.6) is 0 Å². The van der Waals surface area contributed by atoms with Crippen LogP contribution in [0.4, 0.5) is 0 Å². The fraction of sp³-hybridized carbons (Fsp3) is 0.917. The first-order chi connectivity index (χ1) is 6.83. The average molecular weight is 218 g/mol. The van der Waals surface area contributed by atoms with E-state index in [4.69, 9.17) is 10.2 Å². The number of hydrogen-bond acceptors (Lipinski definition) is 2. The zero-order valence-electron chi connectivity index (χ0n) is 10.5. The van der Waals surface area contributed by atoms with E-state index in [1.807, 2.05) is 0 Å². The molecule has 0 aromatic rings. The monoisotopic (exact) mass is 218 g/mol. The van der Waals surface area contributed by atoms with Crippen molar-refractivity contribution in [1.82, 2.24) is 0 Å². The van der Waals surface area contributed by atoms with E-state index >= 15 is 0 Å².